The highest BCUT2D eigenvalue weighted by Gasteiger charge is 2.21. The van der Waals surface area contributed by atoms with E-state index in [9.17, 15) is 14.4 Å². The van der Waals surface area contributed by atoms with E-state index >= 15 is 0 Å². The molecule has 24 heavy (non-hydrogen) atoms. The third kappa shape index (κ3) is 4.63. The number of nitrogens with zero attached hydrogens (tertiary/aromatic N) is 1. The van der Waals surface area contributed by atoms with E-state index in [1.165, 1.54) is 0 Å². The highest BCUT2D eigenvalue weighted by Crippen LogP contribution is 2.18. The summed E-state index contributed by atoms with van der Waals surface area (Å²) in [6.07, 6.45) is 0.306. The quantitative estimate of drug-likeness (QED) is 0.607. The van der Waals surface area contributed by atoms with Gasteiger partial charge in [-0.2, -0.15) is 5.10 Å². The molecule has 128 valence electrons. The second-order valence-electron chi connectivity index (χ2n) is 5.74. The first-order valence-electron chi connectivity index (χ1n) is 7.62. The number of carboxylic acid groups (broad SMARTS) is 1. The van der Waals surface area contributed by atoms with Gasteiger partial charge in [0.15, 0.2) is 0 Å². The van der Waals surface area contributed by atoms with Crippen molar-refractivity contribution in [1.82, 2.24) is 5.43 Å². The van der Waals surface area contributed by atoms with Crippen LogP contribution in [0.2, 0.25) is 0 Å². The van der Waals surface area contributed by atoms with Crippen molar-refractivity contribution in [2.45, 2.75) is 32.2 Å². The van der Waals surface area contributed by atoms with Crippen molar-refractivity contribution in [3.05, 3.63) is 29.8 Å². The van der Waals surface area contributed by atoms with E-state index in [0.717, 1.165) is 11.3 Å². The third-order valence-electron chi connectivity index (χ3n) is 3.71. The van der Waals surface area contributed by atoms with Crippen LogP contribution in [-0.4, -0.2) is 34.6 Å². The summed E-state index contributed by atoms with van der Waals surface area (Å²) in [5.74, 6) is -1.51. The smallest absolute Gasteiger partial charge is 0.303 e. The van der Waals surface area contributed by atoms with E-state index in [2.05, 4.69) is 15.8 Å². The Bertz CT molecular complexity index is 669. The Hall–Kier alpha value is -2.74. The highest BCUT2D eigenvalue weighted by molar-refractivity contribution is 6.06. The molecule has 0 aromatic heterocycles. The fourth-order valence-corrected chi connectivity index (χ4v) is 2.37. The molecular weight excluding hydrogens is 312 g/mol. The van der Waals surface area contributed by atoms with Gasteiger partial charge in [-0.25, -0.2) is 5.43 Å². The molecule has 2 rings (SSSR count). The number of hydrazone groups is 1. The molecule has 8 nitrogen and oxygen atoms in total. The number of carbonyl (C=O) groups is 3. The molecule has 0 saturated carbocycles. The number of carboxylic acids is 1. The van der Waals surface area contributed by atoms with Gasteiger partial charge in [0.2, 0.25) is 11.8 Å². The molecule has 0 spiro atoms. The number of nitrogens with one attached hydrogen (secondary N) is 2. The Morgan fingerprint density at radius 2 is 2.08 bits per heavy atom. The summed E-state index contributed by atoms with van der Waals surface area (Å²) >= 11 is 0. The van der Waals surface area contributed by atoms with Crippen molar-refractivity contribution in [3.63, 3.8) is 0 Å². The minimum Gasteiger partial charge on any atom is -0.481 e. The Kier molecular flexibility index (Phi) is 5.64. The van der Waals surface area contributed by atoms with Crippen LogP contribution in [0.25, 0.3) is 0 Å². The standard InChI is InChI=1S/C16H20N4O4/c1-9-8-13(21)19-20-15(9)10-2-4-11(5-3-10)18-16(24)12(17)6-7-14(22)23/h2-5,9,12H,6-8,17H2,1H3,(H,18,24)(H,19,21)(H,22,23)/t9?,12-/m0/s1. The second kappa shape index (κ2) is 7.69. The molecule has 1 heterocycles. The molecule has 1 aliphatic rings. The molecule has 2 amide bonds. The zero-order valence-electron chi connectivity index (χ0n) is 13.3. The summed E-state index contributed by atoms with van der Waals surface area (Å²) in [6, 6.07) is 6.14. The van der Waals surface area contributed by atoms with E-state index in [1.807, 2.05) is 6.92 Å². The predicted octanol–water partition coefficient (Wildman–Crippen LogP) is 0.677. The van der Waals surface area contributed by atoms with Gasteiger partial charge in [0.1, 0.15) is 0 Å². The zero-order chi connectivity index (χ0) is 17.7. The number of aliphatic carboxylic acids is 1. The number of hydrogen-bond acceptors (Lipinski definition) is 5. The third-order valence-corrected chi connectivity index (χ3v) is 3.71. The van der Waals surface area contributed by atoms with E-state index in [-0.39, 0.29) is 24.7 Å². The van der Waals surface area contributed by atoms with Crippen LogP contribution in [0, 0.1) is 5.92 Å². The normalized spacial score (nSPS) is 18.3. The molecule has 0 fully saturated rings. The van der Waals surface area contributed by atoms with Gasteiger partial charge in [-0.05, 0) is 24.1 Å². The molecule has 1 aliphatic heterocycles. The summed E-state index contributed by atoms with van der Waals surface area (Å²) < 4.78 is 0. The molecular formula is C16H20N4O4. The molecule has 8 heteroatoms. The maximum atomic E-state index is 11.9. The minimum atomic E-state index is -0.989. The number of benzene rings is 1. The average molecular weight is 332 g/mol. The van der Waals surface area contributed by atoms with Gasteiger partial charge in [0.05, 0.1) is 11.8 Å². The largest absolute Gasteiger partial charge is 0.481 e. The van der Waals surface area contributed by atoms with Crippen LogP contribution in [0.3, 0.4) is 0 Å². The second-order valence-corrected chi connectivity index (χ2v) is 5.74. The van der Waals surface area contributed by atoms with Gasteiger partial charge < -0.3 is 16.2 Å². The van der Waals surface area contributed by atoms with Crippen molar-refractivity contribution in [1.29, 1.82) is 0 Å². The molecule has 0 saturated heterocycles. The monoisotopic (exact) mass is 332 g/mol. The number of carbonyl (C=O) groups excluding carboxylic acids is 2. The summed E-state index contributed by atoms with van der Waals surface area (Å²) in [5, 5.41) is 15.3. The van der Waals surface area contributed by atoms with Crippen LogP contribution in [0.4, 0.5) is 5.69 Å². The molecule has 0 radical (unpaired) electrons. The molecule has 5 N–H and O–H groups in total. The first-order chi connectivity index (χ1) is 11.4. The lowest BCUT2D eigenvalue weighted by molar-refractivity contribution is -0.137. The lowest BCUT2D eigenvalue weighted by Crippen LogP contribution is -2.36. The summed E-state index contributed by atoms with van der Waals surface area (Å²) in [7, 11) is 0. The van der Waals surface area contributed by atoms with Crippen LogP contribution in [0.15, 0.2) is 29.4 Å². The predicted molar refractivity (Wildman–Crippen MR) is 88.4 cm³/mol. The molecule has 2 atom stereocenters. The van der Waals surface area contributed by atoms with Gasteiger partial charge in [0.25, 0.3) is 0 Å². The van der Waals surface area contributed by atoms with Gasteiger partial charge in [-0.3, -0.25) is 14.4 Å². The number of rotatable bonds is 6. The summed E-state index contributed by atoms with van der Waals surface area (Å²) in [4.78, 5) is 33.7. The lowest BCUT2D eigenvalue weighted by atomic mass is 9.94. The minimum absolute atomic E-state index is 0.0173. The topological polar surface area (TPSA) is 134 Å². The van der Waals surface area contributed by atoms with E-state index in [4.69, 9.17) is 10.8 Å². The van der Waals surface area contributed by atoms with Crippen LogP contribution in [0.1, 0.15) is 31.7 Å². The van der Waals surface area contributed by atoms with E-state index < -0.39 is 17.9 Å². The zero-order valence-corrected chi connectivity index (χ0v) is 13.3. The van der Waals surface area contributed by atoms with Crippen molar-refractivity contribution >= 4 is 29.2 Å². The Balaban J connectivity index is 1.98. The van der Waals surface area contributed by atoms with Gasteiger partial charge in [-0.15, -0.1) is 0 Å². The molecule has 0 aliphatic carbocycles. The number of amides is 2. The van der Waals surface area contributed by atoms with Gasteiger partial charge in [0, 0.05) is 24.4 Å². The first kappa shape index (κ1) is 17.6. The van der Waals surface area contributed by atoms with Crippen molar-refractivity contribution in [3.8, 4) is 0 Å². The number of anilines is 1. The number of hydrogen-bond donors (Lipinski definition) is 4. The molecule has 0 bridgehead atoms. The Morgan fingerprint density at radius 3 is 2.67 bits per heavy atom. The molecule has 1 unspecified atom stereocenters. The van der Waals surface area contributed by atoms with Crippen LogP contribution < -0.4 is 16.5 Å². The fraction of sp³-hybridized carbons (Fsp3) is 0.375. The van der Waals surface area contributed by atoms with Crippen LogP contribution in [0.5, 0.6) is 0 Å². The van der Waals surface area contributed by atoms with Crippen molar-refractivity contribution < 1.29 is 19.5 Å². The SMILES string of the molecule is CC1CC(=O)NN=C1c1ccc(NC(=O)[C@@H](N)CCC(=O)O)cc1. The van der Waals surface area contributed by atoms with Gasteiger partial charge >= 0.3 is 5.97 Å². The van der Waals surface area contributed by atoms with Crippen LogP contribution >= 0.6 is 0 Å². The summed E-state index contributed by atoms with van der Waals surface area (Å²) in [5.41, 5.74) is 10.3. The number of nitrogens with two attached hydrogens (primary N) is 1. The van der Waals surface area contributed by atoms with Crippen molar-refractivity contribution in [2.75, 3.05) is 5.32 Å². The Labute approximate surface area is 139 Å². The van der Waals surface area contributed by atoms with Crippen molar-refractivity contribution in [2.24, 2.45) is 16.8 Å². The summed E-state index contributed by atoms with van der Waals surface area (Å²) in [6.45, 7) is 1.93. The van der Waals surface area contributed by atoms with Crippen LogP contribution in [-0.2, 0) is 14.4 Å². The van der Waals surface area contributed by atoms with E-state index in [0.29, 0.717) is 12.1 Å². The lowest BCUT2D eigenvalue weighted by Gasteiger charge is -2.19. The fourth-order valence-electron chi connectivity index (χ4n) is 2.37. The highest BCUT2D eigenvalue weighted by atomic mass is 16.4. The maximum Gasteiger partial charge on any atom is 0.303 e. The van der Waals surface area contributed by atoms with Gasteiger partial charge in [-0.1, -0.05) is 19.1 Å². The average Bonchev–Trinajstić information content (AvgIpc) is 2.53. The maximum absolute atomic E-state index is 11.9. The first-order valence-corrected chi connectivity index (χ1v) is 7.62. The van der Waals surface area contributed by atoms with E-state index in [1.54, 1.807) is 24.3 Å². The molecule has 1 aromatic rings. The molecule has 1 aromatic carbocycles. The Morgan fingerprint density at radius 1 is 1.42 bits per heavy atom.